The molecule has 1 aromatic carbocycles. The summed E-state index contributed by atoms with van der Waals surface area (Å²) in [5.41, 5.74) is 0.275. The van der Waals surface area contributed by atoms with Crippen LogP contribution in [0.25, 0.3) is 0 Å². The number of carbonyl (C=O) groups is 1. The lowest BCUT2D eigenvalue weighted by atomic mass is 10.2. The molecule has 0 bridgehead atoms. The normalized spacial score (nSPS) is 10.2. The summed E-state index contributed by atoms with van der Waals surface area (Å²) in [7, 11) is 4.92. The van der Waals surface area contributed by atoms with E-state index in [1.165, 1.54) is 31.6 Å². The average Bonchev–Trinajstić information content (AvgIpc) is 2.54. The van der Waals surface area contributed by atoms with Crippen molar-refractivity contribution in [2.24, 2.45) is 0 Å². The zero-order valence-corrected chi connectivity index (χ0v) is 13.5. The van der Waals surface area contributed by atoms with E-state index in [-0.39, 0.29) is 29.4 Å². The van der Waals surface area contributed by atoms with Crippen molar-refractivity contribution in [3.05, 3.63) is 35.9 Å². The molecule has 24 heavy (non-hydrogen) atoms. The Morgan fingerprint density at radius 2 is 2.12 bits per heavy atom. The first-order valence-corrected chi connectivity index (χ1v) is 7.01. The van der Waals surface area contributed by atoms with Crippen molar-refractivity contribution in [1.82, 2.24) is 15.3 Å². The van der Waals surface area contributed by atoms with Gasteiger partial charge in [0.2, 0.25) is 5.88 Å². The monoisotopic (exact) mass is 335 g/mol. The number of hydrogen-bond donors (Lipinski definition) is 3. The lowest BCUT2D eigenvalue weighted by Crippen LogP contribution is -2.30. The molecule has 128 valence electrons. The maximum Gasteiger partial charge on any atom is 0.319 e. The Labute approximate surface area is 138 Å². The number of rotatable bonds is 5. The number of anilines is 2. The van der Waals surface area contributed by atoms with E-state index in [9.17, 15) is 14.3 Å². The molecule has 0 unspecified atom stereocenters. The van der Waals surface area contributed by atoms with Crippen LogP contribution in [0.4, 0.5) is 20.7 Å². The zero-order valence-electron chi connectivity index (χ0n) is 13.5. The van der Waals surface area contributed by atoms with Gasteiger partial charge >= 0.3 is 6.03 Å². The lowest BCUT2D eigenvalue weighted by molar-refractivity contribution is 0.251. The second-order valence-electron chi connectivity index (χ2n) is 5.02. The highest BCUT2D eigenvalue weighted by atomic mass is 19.1. The number of phenolic OH excluding ortho intramolecular Hbond substituents is 1. The number of benzene rings is 1. The van der Waals surface area contributed by atoms with Crippen LogP contribution in [0.5, 0.6) is 11.6 Å². The topological polar surface area (TPSA) is 99.6 Å². The molecule has 2 amide bonds. The smallest absolute Gasteiger partial charge is 0.319 e. The number of halogens is 1. The number of aromatic nitrogens is 2. The Hall–Kier alpha value is -3.10. The van der Waals surface area contributed by atoms with Crippen LogP contribution in [0, 0.1) is 5.82 Å². The van der Waals surface area contributed by atoms with Crippen LogP contribution in [-0.4, -0.2) is 42.3 Å². The predicted octanol–water partition coefficient (Wildman–Crippen LogP) is 1.72. The van der Waals surface area contributed by atoms with Crippen LogP contribution in [0.1, 0.15) is 5.56 Å². The summed E-state index contributed by atoms with van der Waals surface area (Å²) in [6, 6.07) is 3.31. The van der Waals surface area contributed by atoms with Gasteiger partial charge in [-0.1, -0.05) is 6.07 Å². The number of aromatic hydroxyl groups is 1. The fourth-order valence-electron chi connectivity index (χ4n) is 2.01. The molecule has 0 radical (unpaired) electrons. The van der Waals surface area contributed by atoms with Crippen LogP contribution >= 0.6 is 0 Å². The van der Waals surface area contributed by atoms with Crippen LogP contribution in [0.15, 0.2) is 24.5 Å². The maximum atomic E-state index is 13.6. The highest BCUT2D eigenvalue weighted by Crippen LogP contribution is 2.29. The molecular formula is C15H18FN5O3. The molecule has 2 rings (SSSR count). The zero-order chi connectivity index (χ0) is 17.7. The molecular weight excluding hydrogens is 317 g/mol. The van der Waals surface area contributed by atoms with Crippen molar-refractivity contribution in [3.8, 4) is 11.6 Å². The summed E-state index contributed by atoms with van der Waals surface area (Å²) in [6.07, 6.45) is 1.31. The van der Waals surface area contributed by atoms with Crippen molar-refractivity contribution in [2.45, 2.75) is 6.54 Å². The van der Waals surface area contributed by atoms with Crippen molar-refractivity contribution >= 4 is 17.5 Å². The van der Waals surface area contributed by atoms with Gasteiger partial charge in [0.15, 0.2) is 5.82 Å². The number of phenols is 1. The Balaban J connectivity index is 2.13. The molecule has 1 aromatic heterocycles. The summed E-state index contributed by atoms with van der Waals surface area (Å²) in [5.74, 6) is -0.196. The highest BCUT2D eigenvalue weighted by Gasteiger charge is 2.17. The minimum atomic E-state index is -0.617. The first kappa shape index (κ1) is 17.3. The summed E-state index contributed by atoms with van der Waals surface area (Å²) >= 11 is 0. The van der Waals surface area contributed by atoms with Crippen molar-refractivity contribution < 1.29 is 19.0 Å². The number of amides is 2. The van der Waals surface area contributed by atoms with E-state index < -0.39 is 11.8 Å². The van der Waals surface area contributed by atoms with Gasteiger partial charge in [-0.3, -0.25) is 0 Å². The number of nitrogens with zero attached hydrogens (tertiary/aromatic N) is 3. The van der Waals surface area contributed by atoms with Crippen LogP contribution in [0.3, 0.4) is 0 Å². The number of nitrogens with one attached hydrogen (secondary N) is 2. The molecule has 1 heterocycles. The third-order valence-electron chi connectivity index (χ3n) is 3.17. The predicted molar refractivity (Wildman–Crippen MR) is 86.8 cm³/mol. The van der Waals surface area contributed by atoms with Gasteiger partial charge in [0.1, 0.15) is 23.6 Å². The minimum Gasteiger partial charge on any atom is -0.507 e. The average molecular weight is 335 g/mol. The first-order valence-electron chi connectivity index (χ1n) is 7.01. The minimum absolute atomic E-state index is 0.00300. The van der Waals surface area contributed by atoms with Crippen molar-refractivity contribution in [2.75, 3.05) is 31.4 Å². The summed E-state index contributed by atoms with van der Waals surface area (Å²) in [6.45, 7) is -0.183. The first-order chi connectivity index (χ1) is 11.4. The van der Waals surface area contributed by atoms with Crippen LogP contribution in [-0.2, 0) is 6.54 Å². The standard InChI is InChI=1S/C15H18FN5O3/c1-21(2)13-12(14(24-3)19-8-18-13)20-15(23)17-7-9-10(16)5-4-6-11(9)22/h4-6,8,22H,7H2,1-3H3,(H2,17,20,23). The Kier molecular flexibility index (Phi) is 5.35. The molecule has 0 fully saturated rings. The molecule has 0 atom stereocenters. The Morgan fingerprint density at radius 3 is 2.75 bits per heavy atom. The lowest BCUT2D eigenvalue weighted by Gasteiger charge is -2.18. The van der Waals surface area contributed by atoms with E-state index >= 15 is 0 Å². The highest BCUT2D eigenvalue weighted by molar-refractivity contribution is 5.94. The van der Waals surface area contributed by atoms with Gasteiger partial charge in [-0.25, -0.2) is 14.2 Å². The summed E-state index contributed by atoms with van der Waals surface area (Å²) < 4.78 is 18.8. The number of carbonyl (C=O) groups excluding carboxylic acids is 1. The molecule has 3 N–H and O–H groups in total. The van der Waals surface area contributed by atoms with E-state index in [1.54, 1.807) is 19.0 Å². The summed E-state index contributed by atoms with van der Waals surface area (Å²) in [4.78, 5) is 21.8. The third kappa shape index (κ3) is 3.80. The van der Waals surface area contributed by atoms with E-state index in [2.05, 4.69) is 20.6 Å². The molecule has 0 aliphatic carbocycles. The Morgan fingerprint density at radius 1 is 1.38 bits per heavy atom. The van der Waals surface area contributed by atoms with Gasteiger partial charge in [-0.2, -0.15) is 4.98 Å². The number of urea groups is 1. The van der Waals surface area contributed by atoms with E-state index in [4.69, 9.17) is 4.74 Å². The molecule has 0 aliphatic heterocycles. The van der Waals surface area contributed by atoms with Crippen molar-refractivity contribution in [3.63, 3.8) is 0 Å². The second-order valence-corrected chi connectivity index (χ2v) is 5.02. The molecule has 2 aromatic rings. The number of hydrogen-bond acceptors (Lipinski definition) is 6. The molecule has 9 heteroatoms. The number of methoxy groups -OCH3 is 1. The van der Waals surface area contributed by atoms with Gasteiger partial charge in [0.05, 0.1) is 13.7 Å². The van der Waals surface area contributed by atoms with Crippen molar-refractivity contribution in [1.29, 1.82) is 0 Å². The van der Waals surface area contributed by atoms with Crippen LogP contribution < -0.4 is 20.3 Å². The van der Waals surface area contributed by atoms with Gasteiger partial charge in [0, 0.05) is 19.7 Å². The van der Waals surface area contributed by atoms with Gasteiger partial charge in [-0.05, 0) is 12.1 Å². The third-order valence-corrected chi connectivity index (χ3v) is 3.17. The molecule has 0 aliphatic rings. The fraction of sp³-hybridized carbons (Fsp3) is 0.267. The molecule has 0 saturated carbocycles. The van der Waals surface area contributed by atoms with Crippen LogP contribution in [0.2, 0.25) is 0 Å². The summed E-state index contributed by atoms with van der Waals surface area (Å²) in [5, 5.41) is 14.7. The van der Waals surface area contributed by atoms with E-state index in [0.29, 0.717) is 5.82 Å². The Bertz CT molecular complexity index is 719. The molecule has 8 nitrogen and oxygen atoms in total. The van der Waals surface area contributed by atoms with Gasteiger partial charge < -0.3 is 25.4 Å². The van der Waals surface area contributed by atoms with E-state index in [0.717, 1.165) is 0 Å². The molecule has 0 saturated heterocycles. The van der Waals surface area contributed by atoms with Gasteiger partial charge in [-0.15, -0.1) is 0 Å². The number of ether oxygens (including phenoxy) is 1. The van der Waals surface area contributed by atoms with Gasteiger partial charge in [0.25, 0.3) is 0 Å². The quantitative estimate of drug-likeness (QED) is 0.769. The second kappa shape index (κ2) is 7.44. The fourth-order valence-corrected chi connectivity index (χ4v) is 2.01. The molecule has 0 spiro atoms. The maximum absolute atomic E-state index is 13.6. The van der Waals surface area contributed by atoms with E-state index in [1.807, 2.05) is 0 Å². The SMILES string of the molecule is COc1ncnc(N(C)C)c1NC(=O)NCc1c(O)cccc1F. The largest absolute Gasteiger partial charge is 0.507 e.